The lowest BCUT2D eigenvalue weighted by molar-refractivity contribution is -0.153. The molecule has 268 valence electrons. The first-order valence-electron chi connectivity index (χ1n) is 17.9. The number of likely N-dealkylation sites (tertiary alicyclic amines) is 2. The van der Waals surface area contributed by atoms with E-state index < -0.39 is 40.9 Å². The molecule has 3 saturated carbocycles. The van der Waals surface area contributed by atoms with Crippen molar-refractivity contribution in [3.63, 3.8) is 0 Å². The summed E-state index contributed by atoms with van der Waals surface area (Å²) < 4.78 is 0. The van der Waals surface area contributed by atoms with Gasteiger partial charge in [0.2, 0.25) is 17.7 Å². The third kappa shape index (κ3) is 7.15. The molecule has 0 radical (unpaired) electrons. The molecule has 2 bridgehead atoms. The van der Waals surface area contributed by atoms with Gasteiger partial charge in [0.05, 0.1) is 6.04 Å². The first kappa shape index (κ1) is 35.9. The minimum Gasteiger partial charge on any atom is -0.334 e. The molecule has 13 nitrogen and oxygen atoms in total. The van der Waals surface area contributed by atoms with E-state index in [4.69, 9.17) is 0 Å². The fourth-order valence-electron chi connectivity index (χ4n) is 7.95. The number of carbonyl (C=O) groups is 6. The molecular formula is C35H57N7O6. The average Bonchev–Trinajstić information content (AvgIpc) is 3.71. The summed E-state index contributed by atoms with van der Waals surface area (Å²) >= 11 is 0. The number of imide groups is 1. The van der Waals surface area contributed by atoms with E-state index in [1.54, 1.807) is 4.90 Å². The average molecular weight is 672 g/mol. The van der Waals surface area contributed by atoms with Crippen molar-refractivity contribution in [2.24, 2.45) is 39.9 Å². The predicted octanol–water partition coefficient (Wildman–Crippen LogP) is 3.00. The Hall–Kier alpha value is -3.38. The topological polar surface area (TPSA) is 160 Å². The molecule has 0 spiro atoms. The molecular weight excluding hydrogens is 614 g/mol. The Morgan fingerprint density at radius 1 is 0.917 bits per heavy atom. The first-order chi connectivity index (χ1) is 22.2. The van der Waals surface area contributed by atoms with Crippen LogP contribution in [0.5, 0.6) is 0 Å². The van der Waals surface area contributed by atoms with Gasteiger partial charge >= 0.3 is 12.1 Å². The van der Waals surface area contributed by atoms with Crippen LogP contribution in [0.15, 0.2) is 0 Å². The maximum atomic E-state index is 14.4. The molecule has 8 amide bonds. The second-order valence-electron chi connectivity index (χ2n) is 17.6. The number of rotatable bonds is 9. The van der Waals surface area contributed by atoms with Crippen molar-refractivity contribution in [3.05, 3.63) is 0 Å². The lowest BCUT2D eigenvalue weighted by Crippen LogP contribution is -2.63. The highest BCUT2D eigenvalue weighted by Crippen LogP contribution is 2.65. The highest BCUT2D eigenvalue weighted by atomic mass is 16.2. The summed E-state index contributed by atoms with van der Waals surface area (Å²) in [7, 11) is 0. The van der Waals surface area contributed by atoms with Gasteiger partial charge in [0.1, 0.15) is 12.1 Å². The summed E-state index contributed by atoms with van der Waals surface area (Å²) in [6.45, 7) is 18.3. The van der Waals surface area contributed by atoms with E-state index in [0.717, 1.165) is 12.8 Å². The molecule has 2 aliphatic heterocycles. The number of piperidine rings is 2. The molecule has 5 fully saturated rings. The number of carbonyl (C=O) groups excluding carboxylic acids is 6. The minimum absolute atomic E-state index is 0.0606. The van der Waals surface area contributed by atoms with Gasteiger partial charge in [-0.15, -0.1) is 0 Å². The van der Waals surface area contributed by atoms with Gasteiger partial charge < -0.3 is 20.9 Å². The molecule has 4 N–H and O–H groups in total. The Bertz CT molecular complexity index is 1310. The van der Waals surface area contributed by atoms with Crippen LogP contribution in [-0.4, -0.2) is 94.3 Å². The quantitative estimate of drug-likeness (QED) is 0.218. The number of hydrogen-bond acceptors (Lipinski definition) is 6. The van der Waals surface area contributed by atoms with Gasteiger partial charge in [-0.05, 0) is 66.6 Å². The van der Waals surface area contributed by atoms with Crippen molar-refractivity contribution in [1.82, 2.24) is 36.2 Å². The minimum atomic E-state index is -0.979. The predicted molar refractivity (Wildman–Crippen MR) is 179 cm³/mol. The van der Waals surface area contributed by atoms with Crippen LogP contribution in [0.3, 0.4) is 0 Å². The zero-order valence-electron chi connectivity index (χ0n) is 30.3. The molecule has 3 aliphatic carbocycles. The van der Waals surface area contributed by atoms with Gasteiger partial charge in [-0.2, -0.15) is 0 Å². The van der Waals surface area contributed by atoms with E-state index >= 15 is 0 Å². The van der Waals surface area contributed by atoms with Crippen molar-refractivity contribution in [3.8, 4) is 0 Å². The fourth-order valence-corrected chi connectivity index (χ4v) is 7.95. The first-order valence-corrected chi connectivity index (χ1v) is 17.9. The maximum Gasteiger partial charge on any atom is 0.336 e. The third-order valence-corrected chi connectivity index (χ3v) is 11.4. The molecule has 7 atom stereocenters. The van der Waals surface area contributed by atoms with Crippen molar-refractivity contribution in [2.45, 2.75) is 125 Å². The van der Waals surface area contributed by atoms with Gasteiger partial charge in [0.15, 0.2) is 0 Å². The molecule has 2 saturated heterocycles. The second kappa shape index (κ2) is 12.8. The summed E-state index contributed by atoms with van der Waals surface area (Å²) in [5.74, 6) is -1.36. The number of fused-ring (bicyclic) bond motifs is 3. The zero-order chi connectivity index (χ0) is 35.5. The highest BCUT2D eigenvalue weighted by Gasteiger charge is 2.70. The molecule has 13 heteroatoms. The van der Waals surface area contributed by atoms with Crippen molar-refractivity contribution in [1.29, 1.82) is 0 Å². The molecule has 5 aliphatic rings. The molecule has 0 aromatic rings. The summed E-state index contributed by atoms with van der Waals surface area (Å²) in [6.07, 6.45) is 4.52. The Morgan fingerprint density at radius 3 is 2.04 bits per heavy atom. The van der Waals surface area contributed by atoms with Gasteiger partial charge in [-0.3, -0.25) is 29.5 Å². The lowest BCUT2D eigenvalue weighted by Gasteiger charge is -2.40. The molecule has 5 rings (SSSR count). The summed E-state index contributed by atoms with van der Waals surface area (Å²) in [5, 5.41) is 10.1. The van der Waals surface area contributed by atoms with Crippen molar-refractivity contribution >= 4 is 35.7 Å². The van der Waals surface area contributed by atoms with Crippen LogP contribution in [0.4, 0.5) is 9.59 Å². The summed E-state index contributed by atoms with van der Waals surface area (Å²) in [6, 6.07) is -3.15. The largest absolute Gasteiger partial charge is 0.336 e. The van der Waals surface area contributed by atoms with Crippen LogP contribution < -0.4 is 21.4 Å². The highest BCUT2D eigenvalue weighted by molar-refractivity contribution is 6.01. The molecule has 0 aromatic heterocycles. The van der Waals surface area contributed by atoms with E-state index in [1.807, 2.05) is 48.5 Å². The number of hydrazine groups is 1. The Kier molecular flexibility index (Phi) is 9.59. The molecule has 0 aromatic carbocycles. The fraction of sp³-hybridized carbons (Fsp3) is 0.829. The van der Waals surface area contributed by atoms with Crippen LogP contribution in [0, 0.1) is 39.9 Å². The van der Waals surface area contributed by atoms with Crippen LogP contribution >= 0.6 is 0 Å². The molecule has 48 heavy (non-hydrogen) atoms. The zero-order valence-corrected chi connectivity index (χ0v) is 30.3. The summed E-state index contributed by atoms with van der Waals surface area (Å²) in [5.41, 5.74) is 1.46. The van der Waals surface area contributed by atoms with E-state index in [0.29, 0.717) is 38.8 Å². The van der Waals surface area contributed by atoms with Crippen molar-refractivity contribution in [2.75, 3.05) is 19.6 Å². The third-order valence-electron chi connectivity index (χ3n) is 11.4. The smallest absolute Gasteiger partial charge is 0.334 e. The second-order valence-corrected chi connectivity index (χ2v) is 17.6. The number of urea groups is 2. The number of amides is 8. The maximum absolute atomic E-state index is 14.4. The Labute approximate surface area is 285 Å². The van der Waals surface area contributed by atoms with Crippen LogP contribution in [0.1, 0.15) is 101 Å². The van der Waals surface area contributed by atoms with Gasteiger partial charge in [0, 0.05) is 37.5 Å². The normalized spacial score (nSPS) is 28.7. The van der Waals surface area contributed by atoms with E-state index in [9.17, 15) is 28.8 Å². The van der Waals surface area contributed by atoms with E-state index in [2.05, 4.69) is 35.2 Å². The number of hydrogen-bond donors (Lipinski definition) is 4. The van der Waals surface area contributed by atoms with Gasteiger partial charge in [0.25, 0.3) is 5.91 Å². The Morgan fingerprint density at radius 2 is 1.52 bits per heavy atom. The number of nitrogens with one attached hydrogen (secondary N) is 4. The monoisotopic (exact) mass is 671 g/mol. The van der Waals surface area contributed by atoms with Crippen LogP contribution in [-0.2, 0) is 19.2 Å². The molecule has 2 heterocycles. The van der Waals surface area contributed by atoms with E-state index in [1.165, 1.54) is 9.91 Å². The van der Waals surface area contributed by atoms with Gasteiger partial charge in [-0.1, -0.05) is 62.3 Å². The number of nitrogens with zero attached hydrogens (tertiary/aromatic N) is 3. The van der Waals surface area contributed by atoms with E-state index in [-0.39, 0.29) is 65.4 Å². The van der Waals surface area contributed by atoms with Crippen LogP contribution in [0.2, 0.25) is 0 Å². The van der Waals surface area contributed by atoms with Crippen molar-refractivity contribution < 1.29 is 28.8 Å². The molecule has 2 unspecified atom stereocenters. The SMILES string of the molecule is CCCN(NC(=O)[C@@H]1[C@@H]2[C@H](CN1C(=O)[C@@H](NC(=O)N[C@H](CN1C(=O)C3CCC(C3)C1=O)C(C)(C)C)C(C)(C)C)C2(C)C)C(=O)NC1CC1. The van der Waals surface area contributed by atoms with Crippen LogP contribution in [0.25, 0.3) is 0 Å². The van der Waals surface area contributed by atoms with Gasteiger partial charge in [-0.25, -0.2) is 14.6 Å². The Balaban J connectivity index is 1.30. The lowest BCUT2D eigenvalue weighted by atomic mass is 9.84. The summed E-state index contributed by atoms with van der Waals surface area (Å²) in [4.78, 5) is 84.0. The standard InChI is InChI=1S/C35H57N7O6/c1-10-15-42(32(48)36-21-13-14-21)39-27(43)25-24-22(35(24,8)9)17-40(25)30(46)26(34(5,6)7)38-31(47)37-23(33(2,3)4)18-41-28(44)19-11-12-20(16-19)29(41)45/h19-26H,10-18H2,1-9H3,(H,36,48)(H,39,43)(H2,37,38,47)/t19?,20?,22-,23+,24-,25-,26+/m0/s1.